The van der Waals surface area contributed by atoms with Crippen molar-refractivity contribution in [3.8, 4) is 10.6 Å². The second kappa shape index (κ2) is 9.78. The van der Waals surface area contributed by atoms with Gasteiger partial charge in [0.05, 0.1) is 9.75 Å². The van der Waals surface area contributed by atoms with Gasteiger partial charge in [-0.25, -0.2) is 0 Å². The maximum absolute atomic E-state index is 13.1. The minimum Gasteiger partial charge on any atom is -0.349 e. The number of rotatable bonds is 6. The number of hydrogen-bond acceptors (Lipinski definition) is 4. The van der Waals surface area contributed by atoms with Gasteiger partial charge in [-0.2, -0.15) is 18.3 Å². The van der Waals surface area contributed by atoms with Gasteiger partial charge in [0.15, 0.2) is 0 Å². The standard InChI is InChI=1S/C26H31F3N4OS/c1-17-5-7-18(8-6-17)16-25(32(2)3)13-11-19(12-14-25)30-24(34)22-10-9-21(35-22)20-15-23(26(27,28)29)33(4)31-20/h5-10,15,19H,11-14,16H2,1-4H3,(H,30,34). The smallest absolute Gasteiger partial charge is 0.349 e. The van der Waals surface area contributed by atoms with Crippen LogP contribution in [0.3, 0.4) is 0 Å². The van der Waals surface area contributed by atoms with Crippen LogP contribution in [-0.4, -0.2) is 46.3 Å². The lowest BCUT2D eigenvalue weighted by molar-refractivity contribution is -0.143. The summed E-state index contributed by atoms with van der Waals surface area (Å²) in [7, 11) is 5.52. The highest BCUT2D eigenvalue weighted by molar-refractivity contribution is 7.17. The average Bonchev–Trinajstić information content (AvgIpc) is 3.43. The first-order valence-electron chi connectivity index (χ1n) is 11.7. The molecule has 1 amide bonds. The van der Waals surface area contributed by atoms with Crippen molar-refractivity contribution < 1.29 is 18.0 Å². The summed E-state index contributed by atoms with van der Waals surface area (Å²) >= 11 is 1.16. The van der Waals surface area contributed by atoms with Crippen molar-refractivity contribution in [2.75, 3.05) is 14.1 Å². The van der Waals surface area contributed by atoms with Crippen molar-refractivity contribution in [1.29, 1.82) is 0 Å². The van der Waals surface area contributed by atoms with Crippen LogP contribution in [-0.2, 0) is 19.6 Å². The first kappa shape index (κ1) is 25.4. The van der Waals surface area contributed by atoms with Crippen LogP contribution in [0.5, 0.6) is 0 Å². The van der Waals surface area contributed by atoms with Crippen molar-refractivity contribution in [2.24, 2.45) is 7.05 Å². The van der Waals surface area contributed by atoms with Gasteiger partial charge >= 0.3 is 6.18 Å². The van der Waals surface area contributed by atoms with E-state index >= 15 is 0 Å². The van der Waals surface area contributed by atoms with E-state index in [0.717, 1.165) is 54.2 Å². The number of carbonyl (C=O) groups is 1. The molecule has 4 rings (SSSR count). The SMILES string of the molecule is Cc1ccc(CC2(N(C)C)CCC(NC(=O)c3ccc(-c4cc(C(F)(F)F)n(C)n4)s3)CC2)cc1. The van der Waals surface area contributed by atoms with Crippen LogP contribution in [0.4, 0.5) is 13.2 Å². The van der Waals surface area contributed by atoms with Gasteiger partial charge in [0, 0.05) is 18.6 Å². The fourth-order valence-electron chi connectivity index (χ4n) is 4.87. The van der Waals surface area contributed by atoms with E-state index in [0.29, 0.717) is 9.75 Å². The lowest BCUT2D eigenvalue weighted by atomic mass is 9.74. The van der Waals surface area contributed by atoms with Crippen LogP contribution in [0, 0.1) is 6.92 Å². The quantitative estimate of drug-likeness (QED) is 0.469. The van der Waals surface area contributed by atoms with Gasteiger partial charge in [-0.15, -0.1) is 11.3 Å². The third kappa shape index (κ3) is 5.62. The van der Waals surface area contributed by atoms with E-state index in [1.165, 1.54) is 18.2 Å². The number of aryl methyl sites for hydroxylation is 2. The Morgan fingerprint density at radius 1 is 1.17 bits per heavy atom. The number of alkyl halides is 3. The zero-order chi connectivity index (χ0) is 25.4. The molecule has 9 heteroatoms. The number of amides is 1. The molecule has 5 nitrogen and oxygen atoms in total. The summed E-state index contributed by atoms with van der Waals surface area (Å²) in [5.74, 6) is -0.186. The maximum atomic E-state index is 13.1. The lowest BCUT2D eigenvalue weighted by Crippen LogP contribution is -2.52. The Labute approximate surface area is 207 Å². The molecule has 1 aromatic carbocycles. The van der Waals surface area contributed by atoms with Gasteiger partial charge in [-0.05, 0) is 76.9 Å². The van der Waals surface area contributed by atoms with Crippen LogP contribution in [0.2, 0.25) is 0 Å². The van der Waals surface area contributed by atoms with Crippen molar-refractivity contribution in [1.82, 2.24) is 20.0 Å². The van der Waals surface area contributed by atoms with Crippen molar-refractivity contribution >= 4 is 17.2 Å². The molecule has 1 fully saturated rings. The summed E-state index contributed by atoms with van der Waals surface area (Å²) in [6.07, 6.45) is 0.205. The van der Waals surface area contributed by atoms with Crippen molar-refractivity contribution in [3.63, 3.8) is 0 Å². The molecule has 0 saturated heterocycles. The van der Waals surface area contributed by atoms with Crippen molar-refractivity contribution in [2.45, 2.75) is 56.8 Å². The Kier molecular flexibility index (Phi) is 7.11. The number of nitrogens with zero attached hydrogens (tertiary/aromatic N) is 3. The van der Waals surface area contributed by atoms with E-state index in [1.807, 2.05) is 0 Å². The lowest BCUT2D eigenvalue weighted by Gasteiger charge is -2.45. The molecule has 2 heterocycles. The molecule has 35 heavy (non-hydrogen) atoms. The number of carbonyl (C=O) groups excluding carboxylic acids is 1. The highest BCUT2D eigenvalue weighted by Crippen LogP contribution is 2.37. The summed E-state index contributed by atoms with van der Waals surface area (Å²) in [5, 5.41) is 7.11. The molecule has 0 bridgehead atoms. The zero-order valence-electron chi connectivity index (χ0n) is 20.4. The van der Waals surface area contributed by atoms with Gasteiger partial charge in [-0.1, -0.05) is 29.8 Å². The second-order valence-corrected chi connectivity index (χ2v) is 10.8. The molecule has 0 radical (unpaired) electrons. The molecule has 1 N–H and O–H groups in total. The number of aromatic nitrogens is 2. The van der Waals surface area contributed by atoms with Crippen LogP contribution in [0.1, 0.15) is 52.2 Å². The molecular formula is C26H31F3N4OS. The van der Waals surface area contributed by atoms with Gasteiger partial charge in [-0.3, -0.25) is 9.48 Å². The predicted molar refractivity (Wildman–Crippen MR) is 133 cm³/mol. The third-order valence-electron chi connectivity index (χ3n) is 7.11. The molecule has 1 aliphatic rings. The summed E-state index contributed by atoms with van der Waals surface area (Å²) in [5.41, 5.74) is 2.03. The monoisotopic (exact) mass is 504 g/mol. The molecule has 0 unspecified atom stereocenters. The van der Waals surface area contributed by atoms with Crippen LogP contribution >= 0.6 is 11.3 Å². The zero-order valence-corrected chi connectivity index (χ0v) is 21.3. The molecule has 3 aromatic rings. The fourth-order valence-corrected chi connectivity index (χ4v) is 5.74. The first-order chi connectivity index (χ1) is 16.5. The number of likely N-dealkylation sites (N-methyl/N-ethyl adjacent to an activating group) is 1. The number of nitrogens with one attached hydrogen (secondary N) is 1. The Balaban J connectivity index is 1.38. The Morgan fingerprint density at radius 3 is 2.40 bits per heavy atom. The van der Waals surface area contributed by atoms with Crippen molar-refractivity contribution in [3.05, 3.63) is 64.2 Å². The average molecular weight is 505 g/mol. The highest BCUT2D eigenvalue weighted by Gasteiger charge is 2.38. The van der Waals surface area contributed by atoms with Crippen LogP contribution in [0.15, 0.2) is 42.5 Å². The highest BCUT2D eigenvalue weighted by atomic mass is 32.1. The topological polar surface area (TPSA) is 50.2 Å². The molecule has 188 valence electrons. The van der Waals surface area contributed by atoms with E-state index in [-0.39, 0.29) is 23.2 Å². The Morgan fingerprint density at radius 2 is 1.83 bits per heavy atom. The van der Waals surface area contributed by atoms with Gasteiger partial charge in [0.25, 0.3) is 5.91 Å². The van der Waals surface area contributed by atoms with Gasteiger partial charge in [0.1, 0.15) is 11.4 Å². The van der Waals surface area contributed by atoms with Crippen LogP contribution < -0.4 is 5.32 Å². The van der Waals surface area contributed by atoms with Crippen LogP contribution in [0.25, 0.3) is 10.6 Å². The molecular weight excluding hydrogens is 473 g/mol. The normalized spacial score (nSPS) is 20.9. The maximum Gasteiger partial charge on any atom is 0.433 e. The first-order valence-corrected chi connectivity index (χ1v) is 12.5. The summed E-state index contributed by atoms with van der Waals surface area (Å²) in [4.78, 5) is 16.2. The van der Waals surface area contributed by atoms with E-state index in [9.17, 15) is 18.0 Å². The van der Waals surface area contributed by atoms with E-state index in [1.54, 1.807) is 12.1 Å². The number of benzene rings is 1. The molecule has 0 atom stereocenters. The summed E-state index contributed by atoms with van der Waals surface area (Å²) in [6, 6.07) is 13.1. The van der Waals surface area contributed by atoms with E-state index in [2.05, 4.69) is 60.6 Å². The summed E-state index contributed by atoms with van der Waals surface area (Å²) < 4.78 is 40.1. The summed E-state index contributed by atoms with van der Waals surface area (Å²) in [6.45, 7) is 2.09. The molecule has 0 spiro atoms. The molecule has 1 aliphatic carbocycles. The Bertz CT molecular complexity index is 1170. The Hall–Kier alpha value is -2.65. The second-order valence-electron chi connectivity index (χ2n) is 9.73. The number of hydrogen-bond donors (Lipinski definition) is 1. The van der Waals surface area contributed by atoms with Gasteiger partial charge in [0.2, 0.25) is 0 Å². The third-order valence-corrected chi connectivity index (χ3v) is 8.21. The number of halogens is 3. The minimum atomic E-state index is -4.47. The van der Waals surface area contributed by atoms with E-state index in [4.69, 9.17) is 0 Å². The predicted octanol–water partition coefficient (Wildman–Crippen LogP) is 5.69. The largest absolute Gasteiger partial charge is 0.433 e. The number of thiophene rings is 1. The minimum absolute atomic E-state index is 0.0573. The molecule has 0 aliphatic heterocycles. The molecule has 1 saturated carbocycles. The molecule has 2 aromatic heterocycles. The van der Waals surface area contributed by atoms with Gasteiger partial charge < -0.3 is 10.2 Å². The van der Waals surface area contributed by atoms with E-state index < -0.39 is 11.9 Å². The fraction of sp³-hybridized carbons (Fsp3) is 0.462.